The number of hydrogen-bond donors (Lipinski definition) is 1. The molecule has 2 aliphatic rings. The second-order valence-corrected chi connectivity index (χ2v) is 12.8. The van der Waals surface area contributed by atoms with Gasteiger partial charge >= 0.3 is 0 Å². The van der Waals surface area contributed by atoms with E-state index in [1.807, 2.05) is 28.8 Å². The highest BCUT2D eigenvalue weighted by atomic mass is 79.9. The quantitative estimate of drug-likeness (QED) is 0.351. The second kappa shape index (κ2) is 10.4. The van der Waals surface area contributed by atoms with Crippen molar-refractivity contribution in [3.8, 4) is 11.3 Å². The summed E-state index contributed by atoms with van der Waals surface area (Å²) in [7, 11) is 0. The van der Waals surface area contributed by atoms with Crippen LogP contribution >= 0.6 is 27.5 Å². The van der Waals surface area contributed by atoms with Gasteiger partial charge in [0, 0.05) is 35.8 Å². The molecule has 35 heavy (non-hydrogen) atoms. The standard InChI is InChI=1S/C28H37BrClN5/c1-28(2,3)20-10-12-21(13-11-20)34-14-6-7-19(18-34)16-31-26-15-25(22-8-4-5-9-24(22)30)33-27-23(29)17-32-35(26)27/h4-5,8-9,15,17,19-21,31H,6-7,10-14,16,18H2,1-3H3. The Bertz CT molecular complexity index is 1160. The van der Waals surface area contributed by atoms with Gasteiger partial charge in [0.15, 0.2) is 5.65 Å². The minimum atomic E-state index is 0.444. The van der Waals surface area contributed by atoms with Crippen LogP contribution < -0.4 is 5.32 Å². The molecular formula is C28H37BrClN5. The van der Waals surface area contributed by atoms with Crippen LogP contribution in [0, 0.1) is 17.3 Å². The average molecular weight is 559 g/mol. The number of aromatic nitrogens is 3. The summed E-state index contributed by atoms with van der Waals surface area (Å²) in [4.78, 5) is 7.63. The molecule has 1 saturated carbocycles. The highest BCUT2D eigenvalue weighted by Gasteiger charge is 2.33. The van der Waals surface area contributed by atoms with Gasteiger partial charge in [0.05, 0.1) is 16.4 Å². The van der Waals surface area contributed by atoms with Gasteiger partial charge in [0.2, 0.25) is 0 Å². The topological polar surface area (TPSA) is 45.5 Å². The Balaban J connectivity index is 1.28. The maximum Gasteiger partial charge on any atom is 0.172 e. The highest BCUT2D eigenvalue weighted by Crippen LogP contribution is 2.39. The van der Waals surface area contributed by atoms with Crippen LogP contribution in [0.4, 0.5) is 5.82 Å². The van der Waals surface area contributed by atoms with Gasteiger partial charge in [-0.05, 0) is 84.3 Å². The van der Waals surface area contributed by atoms with Crippen LogP contribution in [0.3, 0.4) is 0 Å². The van der Waals surface area contributed by atoms with Gasteiger partial charge in [-0.1, -0.05) is 50.6 Å². The van der Waals surface area contributed by atoms with Gasteiger partial charge in [-0.25, -0.2) is 4.98 Å². The zero-order chi connectivity index (χ0) is 24.6. The fourth-order valence-electron chi connectivity index (χ4n) is 6.02. The fourth-order valence-corrected chi connectivity index (χ4v) is 6.60. The first kappa shape index (κ1) is 25.0. The van der Waals surface area contributed by atoms with Crippen molar-refractivity contribution < 1.29 is 0 Å². The van der Waals surface area contributed by atoms with E-state index < -0.39 is 0 Å². The summed E-state index contributed by atoms with van der Waals surface area (Å²) in [5.41, 5.74) is 3.03. The molecule has 1 atom stereocenters. The fraction of sp³-hybridized carbons (Fsp3) is 0.571. The number of nitrogens with zero attached hydrogens (tertiary/aromatic N) is 4. The van der Waals surface area contributed by atoms with E-state index in [0.717, 1.165) is 45.7 Å². The maximum atomic E-state index is 6.50. The molecule has 3 heterocycles. The number of nitrogens with one attached hydrogen (secondary N) is 1. The third-order valence-corrected chi connectivity index (χ3v) is 9.03. The van der Waals surface area contributed by atoms with Crippen LogP contribution in [0.5, 0.6) is 0 Å². The molecule has 1 saturated heterocycles. The number of fused-ring (bicyclic) bond motifs is 1. The molecule has 5 rings (SSSR count). The molecule has 188 valence electrons. The van der Waals surface area contributed by atoms with E-state index in [4.69, 9.17) is 16.6 Å². The number of benzene rings is 1. The van der Waals surface area contributed by atoms with Crippen molar-refractivity contribution in [1.29, 1.82) is 0 Å². The number of hydrogen-bond acceptors (Lipinski definition) is 4. The Morgan fingerprint density at radius 1 is 1.11 bits per heavy atom. The zero-order valence-electron chi connectivity index (χ0n) is 21.1. The van der Waals surface area contributed by atoms with Crippen LogP contribution in [0.2, 0.25) is 5.02 Å². The summed E-state index contributed by atoms with van der Waals surface area (Å²) in [5, 5.41) is 8.98. The summed E-state index contributed by atoms with van der Waals surface area (Å²) in [5.74, 6) is 2.46. The minimum Gasteiger partial charge on any atom is -0.370 e. The van der Waals surface area contributed by atoms with Crippen molar-refractivity contribution in [2.45, 2.75) is 65.3 Å². The van der Waals surface area contributed by atoms with Gasteiger partial charge in [-0.15, -0.1) is 0 Å². The normalized spacial score (nSPS) is 24.1. The van der Waals surface area contributed by atoms with Crippen LogP contribution in [0.15, 0.2) is 41.0 Å². The van der Waals surface area contributed by atoms with Crippen molar-refractivity contribution >= 4 is 39.0 Å². The molecule has 2 aromatic heterocycles. The van der Waals surface area contributed by atoms with Crippen molar-refractivity contribution in [3.63, 3.8) is 0 Å². The molecule has 1 aliphatic heterocycles. The number of likely N-dealkylation sites (tertiary alicyclic amines) is 1. The first-order valence-corrected chi connectivity index (χ1v) is 14.2. The monoisotopic (exact) mass is 557 g/mol. The Kier molecular flexibility index (Phi) is 7.43. The Morgan fingerprint density at radius 3 is 2.63 bits per heavy atom. The molecule has 7 heteroatoms. The summed E-state index contributed by atoms with van der Waals surface area (Å²) in [6.45, 7) is 10.6. The summed E-state index contributed by atoms with van der Waals surface area (Å²) >= 11 is 10.1. The van der Waals surface area contributed by atoms with Crippen molar-refractivity contribution in [2.75, 3.05) is 25.0 Å². The molecule has 0 spiro atoms. The van der Waals surface area contributed by atoms with Gasteiger partial charge in [0.1, 0.15) is 5.82 Å². The van der Waals surface area contributed by atoms with Crippen molar-refractivity contribution in [1.82, 2.24) is 19.5 Å². The molecule has 5 nitrogen and oxygen atoms in total. The van der Waals surface area contributed by atoms with E-state index in [0.29, 0.717) is 16.4 Å². The molecule has 1 N–H and O–H groups in total. The number of anilines is 1. The predicted molar refractivity (Wildman–Crippen MR) is 149 cm³/mol. The lowest BCUT2D eigenvalue weighted by Gasteiger charge is -2.44. The lowest BCUT2D eigenvalue weighted by atomic mass is 9.71. The third kappa shape index (κ3) is 5.55. The Hall–Kier alpha value is -1.63. The van der Waals surface area contributed by atoms with Crippen molar-refractivity contribution in [2.24, 2.45) is 17.3 Å². The first-order valence-electron chi connectivity index (χ1n) is 13.1. The van der Waals surface area contributed by atoms with Gasteiger partial charge in [-0.3, -0.25) is 0 Å². The van der Waals surface area contributed by atoms with E-state index in [2.05, 4.69) is 58.1 Å². The molecule has 0 amide bonds. The smallest absolute Gasteiger partial charge is 0.172 e. The average Bonchev–Trinajstić information content (AvgIpc) is 3.23. The number of halogens is 2. The van der Waals surface area contributed by atoms with Crippen LogP contribution in [-0.2, 0) is 0 Å². The number of piperidine rings is 1. The SMILES string of the molecule is CC(C)(C)C1CCC(N2CCCC(CNc3cc(-c4ccccc4Cl)nc4c(Br)cnn34)C2)CC1. The Morgan fingerprint density at radius 2 is 1.89 bits per heavy atom. The third-order valence-electron chi connectivity index (χ3n) is 8.14. The van der Waals surface area contributed by atoms with Gasteiger partial charge < -0.3 is 10.2 Å². The van der Waals surface area contributed by atoms with E-state index in [-0.39, 0.29) is 0 Å². The van der Waals surface area contributed by atoms with Crippen molar-refractivity contribution in [3.05, 3.63) is 46.0 Å². The minimum absolute atomic E-state index is 0.444. The van der Waals surface area contributed by atoms with Gasteiger partial charge in [-0.2, -0.15) is 9.61 Å². The van der Waals surface area contributed by atoms with E-state index in [1.165, 1.54) is 51.6 Å². The van der Waals surface area contributed by atoms with Crippen LogP contribution in [-0.4, -0.2) is 45.2 Å². The lowest BCUT2D eigenvalue weighted by molar-refractivity contribution is 0.0671. The summed E-state index contributed by atoms with van der Waals surface area (Å²) < 4.78 is 2.77. The summed E-state index contributed by atoms with van der Waals surface area (Å²) in [6, 6.07) is 10.7. The van der Waals surface area contributed by atoms with E-state index >= 15 is 0 Å². The Labute approximate surface area is 222 Å². The molecule has 1 aliphatic carbocycles. The van der Waals surface area contributed by atoms with E-state index in [1.54, 1.807) is 6.20 Å². The molecule has 0 radical (unpaired) electrons. The second-order valence-electron chi connectivity index (χ2n) is 11.5. The summed E-state index contributed by atoms with van der Waals surface area (Å²) in [6.07, 6.45) is 9.83. The molecular weight excluding hydrogens is 522 g/mol. The lowest BCUT2D eigenvalue weighted by Crippen LogP contribution is -2.46. The molecule has 1 aromatic carbocycles. The van der Waals surface area contributed by atoms with E-state index in [9.17, 15) is 0 Å². The first-order chi connectivity index (χ1) is 16.8. The maximum absolute atomic E-state index is 6.50. The van der Waals surface area contributed by atoms with Crippen LogP contribution in [0.1, 0.15) is 59.3 Å². The number of rotatable bonds is 5. The molecule has 3 aromatic rings. The molecule has 2 fully saturated rings. The molecule has 1 unspecified atom stereocenters. The van der Waals surface area contributed by atoms with Gasteiger partial charge in [0.25, 0.3) is 0 Å². The highest BCUT2D eigenvalue weighted by molar-refractivity contribution is 9.10. The predicted octanol–water partition coefficient (Wildman–Crippen LogP) is 7.54. The zero-order valence-corrected chi connectivity index (χ0v) is 23.4. The molecule has 0 bridgehead atoms. The largest absolute Gasteiger partial charge is 0.370 e. The van der Waals surface area contributed by atoms with Crippen LogP contribution in [0.25, 0.3) is 16.9 Å².